The van der Waals surface area contributed by atoms with E-state index >= 15 is 0 Å². The van der Waals surface area contributed by atoms with Crippen LogP contribution < -0.4 is 5.32 Å². The van der Waals surface area contributed by atoms with Crippen molar-refractivity contribution in [2.75, 3.05) is 13.2 Å². The molecule has 2 rings (SSSR count). The molecule has 3 atom stereocenters. The molecule has 0 heterocycles. The van der Waals surface area contributed by atoms with Crippen molar-refractivity contribution < 1.29 is 48.4 Å². The highest BCUT2D eigenvalue weighted by Crippen LogP contribution is 2.30. The van der Waals surface area contributed by atoms with E-state index in [1.807, 2.05) is 0 Å². The third kappa shape index (κ3) is 21.5. The molecule has 2 aliphatic carbocycles. The Morgan fingerprint density at radius 1 is 0.700 bits per heavy atom. The number of aliphatic hydroxyl groups excluding tert-OH is 1. The van der Waals surface area contributed by atoms with E-state index in [-0.39, 0.29) is 19.4 Å². The second-order valence-corrected chi connectivity index (χ2v) is 16.2. The van der Waals surface area contributed by atoms with Crippen molar-refractivity contribution in [3.63, 3.8) is 0 Å². The third-order valence-electron chi connectivity index (χ3n) is 9.24. The molecule has 2 aliphatic rings. The maximum atomic E-state index is 12.8. The number of rotatable bonds is 18. The van der Waals surface area contributed by atoms with Gasteiger partial charge in [0, 0.05) is 5.92 Å². The van der Waals surface area contributed by atoms with E-state index in [2.05, 4.69) is 5.32 Å². The summed E-state index contributed by atoms with van der Waals surface area (Å²) in [5, 5.41) is 21.2. The first-order valence-corrected chi connectivity index (χ1v) is 19.2. The van der Waals surface area contributed by atoms with Crippen molar-refractivity contribution in [2.24, 2.45) is 23.7 Å². The number of hydrogen-bond donors (Lipinski definition) is 3. The lowest BCUT2D eigenvalue weighted by Gasteiger charge is -2.25. The zero-order chi connectivity index (χ0) is 37.7. The second kappa shape index (κ2) is 23.7. The standard InChI is InChI=1S/C22H39NO6.C17H30O4/c1-5-28-21(27)18(15-24)23-20(26)17(14-19(25)29-22(2,3)4)13-9-12-16-10-7-6-8-11-16;1-17(2,3)21-15(18)12-14(16(19)20)11-7-10-13-8-5-4-6-9-13/h16-18,24H,5-15H2,1-4H3,(H,23,26);13-14H,4-12H2,1-3H3,(H,19,20)/t17-,18+;14-/m11/s1. The van der Waals surface area contributed by atoms with E-state index in [4.69, 9.17) is 14.2 Å². The number of carbonyl (C=O) groups excluding carboxylic acids is 4. The zero-order valence-corrected chi connectivity index (χ0v) is 32.2. The van der Waals surface area contributed by atoms with E-state index in [1.165, 1.54) is 64.2 Å². The first kappa shape index (κ1) is 45.3. The number of ether oxygens (including phenoxy) is 3. The summed E-state index contributed by atoms with van der Waals surface area (Å²) in [6.07, 6.45) is 17.8. The fourth-order valence-electron chi connectivity index (χ4n) is 6.78. The maximum Gasteiger partial charge on any atom is 0.331 e. The number of hydrogen-bond acceptors (Lipinski definition) is 9. The van der Waals surface area contributed by atoms with Crippen molar-refractivity contribution in [2.45, 2.75) is 181 Å². The Morgan fingerprint density at radius 3 is 1.50 bits per heavy atom. The number of esters is 3. The van der Waals surface area contributed by atoms with Crippen LogP contribution in [0.15, 0.2) is 0 Å². The average Bonchev–Trinajstić information content (AvgIpc) is 3.02. The summed E-state index contributed by atoms with van der Waals surface area (Å²) < 4.78 is 15.5. The summed E-state index contributed by atoms with van der Waals surface area (Å²) >= 11 is 0. The Labute approximate surface area is 301 Å². The van der Waals surface area contributed by atoms with Gasteiger partial charge in [0.1, 0.15) is 11.2 Å². The third-order valence-corrected chi connectivity index (χ3v) is 9.24. The van der Waals surface area contributed by atoms with Gasteiger partial charge in [-0.3, -0.25) is 19.2 Å². The molecule has 0 spiro atoms. The van der Waals surface area contributed by atoms with Crippen LogP contribution in [0.1, 0.15) is 164 Å². The Hall–Kier alpha value is -2.69. The fourth-order valence-corrected chi connectivity index (χ4v) is 6.78. The molecule has 1 amide bonds. The van der Waals surface area contributed by atoms with E-state index in [1.54, 1.807) is 48.5 Å². The summed E-state index contributed by atoms with van der Waals surface area (Å²) in [6.45, 7) is 12.0. The predicted molar refractivity (Wildman–Crippen MR) is 192 cm³/mol. The highest BCUT2D eigenvalue weighted by molar-refractivity contribution is 5.88. The Balaban J connectivity index is 0.000000526. The zero-order valence-electron chi connectivity index (χ0n) is 32.2. The van der Waals surface area contributed by atoms with Gasteiger partial charge in [-0.15, -0.1) is 0 Å². The van der Waals surface area contributed by atoms with E-state index in [0.717, 1.165) is 31.6 Å². The normalized spacial score (nSPS) is 17.7. The molecule has 0 aromatic rings. The van der Waals surface area contributed by atoms with Crippen molar-refractivity contribution in [3.05, 3.63) is 0 Å². The number of aliphatic hydroxyl groups is 1. The van der Waals surface area contributed by atoms with Crippen LogP contribution in [0.5, 0.6) is 0 Å². The molecule has 0 radical (unpaired) electrons. The summed E-state index contributed by atoms with van der Waals surface area (Å²) in [6, 6.07) is -1.12. The first-order chi connectivity index (χ1) is 23.4. The molecule has 0 saturated heterocycles. The summed E-state index contributed by atoms with van der Waals surface area (Å²) in [4.78, 5) is 60.0. The van der Waals surface area contributed by atoms with Gasteiger partial charge in [-0.1, -0.05) is 89.9 Å². The fraction of sp³-hybridized carbons (Fsp3) is 0.872. The summed E-state index contributed by atoms with van der Waals surface area (Å²) in [5.74, 6) is -2.59. The Bertz CT molecular complexity index is 1020. The molecule has 11 nitrogen and oxygen atoms in total. The van der Waals surface area contributed by atoms with Crippen LogP contribution in [-0.4, -0.2) is 70.5 Å². The Kier molecular flexibility index (Phi) is 21.5. The van der Waals surface area contributed by atoms with Gasteiger partial charge >= 0.3 is 23.9 Å². The monoisotopic (exact) mass is 711 g/mol. The summed E-state index contributed by atoms with van der Waals surface area (Å²) in [5.41, 5.74) is -1.18. The molecule has 0 aromatic carbocycles. The molecule has 0 aromatic heterocycles. The minimum atomic E-state index is -1.12. The van der Waals surface area contributed by atoms with E-state index in [9.17, 15) is 34.2 Å². The quantitative estimate of drug-likeness (QED) is 0.0971. The lowest BCUT2D eigenvalue weighted by molar-refractivity contribution is -0.160. The number of carbonyl (C=O) groups is 5. The SMILES string of the molecule is CC(C)(C)OC(=O)C[C@@H](CCCC1CCCCC1)C(=O)O.CCOC(=O)[C@H](CO)NC(=O)[C@H](CCCC1CCCCC1)CC(=O)OC(C)(C)C. The molecule has 3 N–H and O–H groups in total. The van der Waals surface area contributed by atoms with Crippen LogP contribution in [0, 0.1) is 23.7 Å². The number of aliphatic carboxylic acids is 1. The van der Waals surface area contributed by atoms with Crippen molar-refractivity contribution in [3.8, 4) is 0 Å². The highest BCUT2D eigenvalue weighted by Gasteiger charge is 2.30. The van der Waals surface area contributed by atoms with Gasteiger partial charge < -0.3 is 29.7 Å². The average molecular weight is 712 g/mol. The predicted octanol–water partition coefficient (Wildman–Crippen LogP) is 7.29. The van der Waals surface area contributed by atoms with Crippen molar-refractivity contribution >= 4 is 29.8 Å². The molecule has 2 saturated carbocycles. The highest BCUT2D eigenvalue weighted by atomic mass is 16.6. The minimum Gasteiger partial charge on any atom is -0.481 e. The van der Waals surface area contributed by atoms with Crippen LogP contribution in [0.2, 0.25) is 0 Å². The molecule has 0 unspecified atom stereocenters. The summed E-state index contributed by atoms with van der Waals surface area (Å²) in [7, 11) is 0. The lowest BCUT2D eigenvalue weighted by Crippen LogP contribution is -2.47. The van der Waals surface area contributed by atoms with Crippen molar-refractivity contribution in [1.82, 2.24) is 5.32 Å². The van der Waals surface area contributed by atoms with Gasteiger partial charge in [-0.25, -0.2) is 4.79 Å². The van der Waals surface area contributed by atoms with Gasteiger partial charge in [0.2, 0.25) is 5.91 Å². The van der Waals surface area contributed by atoms with Gasteiger partial charge in [0.05, 0.1) is 32.0 Å². The lowest BCUT2D eigenvalue weighted by atomic mass is 9.84. The minimum absolute atomic E-state index is 0.0166. The van der Waals surface area contributed by atoms with Crippen LogP contribution in [0.25, 0.3) is 0 Å². The molecule has 0 bridgehead atoms. The molecular weight excluding hydrogens is 642 g/mol. The van der Waals surface area contributed by atoms with Gasteiger partial charge in [-0.2, -0.15) is 0 Å². The smallest absolute Gasteiger partial charge is 0.331 e. The van der Waals surface area contributed by atoms with E-state index in [0.29, 0.717) is 18.8 Å². The Morgan fingerprint density at radius 2 is 1.12 bits per heavy atom. The second-order valence-electron chi connectivity index (χ2n) is 16.2. The largest absolute Gasteiger partial charge is 0.481 e. The van der Waals surface area contributed by atoms with Crippen LogP contribution in [0.3, 0.4) is 0 Å². The van der Waals surface area contributed by atoms with Gasteiger partial charge in [-0.05, 0) is 73.1 Å². The van der Waals surface area contributed by atoms with Gasteiger partial charge in [0.15, 0.2) is 6.04 Å². The molecule has 290 valence electrons. The number of carboxylic acid groups (broad SMARTS) is 1. The van der Waals surface area contributed by atoms with Crippen LogP contribution in [-0.2, 0) is 38.2 Å². The molecule has 11 heteroatoms. The van der Waals surface area contributed by atoms with E-state index < -0.39 is 65.5 Å². The maximum absolute atomic E-state index is 12.8. The molecule has 50 heavy (non-hydrogen) atoms. The van der Waals surface area contributed by atoms with Crippen LogP contribution >= 0.6 is 0 Å². The van der Waals surface area contributed by atoms with Gasteiger partial charge in [0.25, 0.3) is 0 Å². The topological polar surface area (TPSA) is 166 Å². The molecule has 0 aliphatic heterocycles. The molecule has 2 fully saturated rings. The first-order valence-electron chi connectivity index (χ1n) is 19.2. The molecular formula is C39H69NO10. The van der Waals surface area contributed by atoms with Crippen molar-refractivity contribution in [1.29, 1.82) is 0 Å². The number of amides is 1. The van der Waals surface area contributed by atoms with Crippen LogP contribution in [0.4, 0.5) is 0 Å². The number of nitrogens with one attached hydrogen (secondary N) is 1. The number of carboxylic acids is 1.